The van der Waals surface area contributed by atoms with Gasteiger partial charge < -0.3 is 14.6 Å². The Morgan fingerprint density at radius 1 is 0.977 bits per heavy atom. The van der Waals surface area contributed by atoms with Gasteiger partial charge in [-0.05, 0) is 84.7 Å². The Morgan fingerprint density at radius 2 is 1.65 bits per heavy atom. The third-order valence-electron chi connectivity index (χ3n) is 7.21. The normalized spacial score (nSPS) is 17.3. The number of rotatable bonds is 11. The molecule has 2 aromatic carbocycles. The fraction of sp³-hybridized carbons (Fsp3) is 0.324. The highest BCUT2D eigenvalue weighted by molar-refractivity contribution is 6.01. The number of ketones is 1. The summed E-state index contributed by atoms with van der Waals surface area (Å²) in [5.41, 5.74) is 4.93. The number of ether oxygens (including phenoxy) is 2. The molecule has 0 saturated heterocycles. The minimum atomic E-state index is -0.885. The van der Waals surface area contributed by atoms with Gasteiger partial charge in [-0.2, -0.15) is 0 Å². The van der Waals surface area contributed by atoms with Gasteiger partial charge in [0.25, 0.3) is 0 Å². The minimum absolute atomic E-state index is 0.164. The molecule has 0 saturated carbocycles. The van der Waals surface area contributed by atoms with Crippen molar-refractivity contribution in [3.63, 3.8) is 0 Å². The molecule has 43 heavy (non-hydrogen) atoms. The van der Waals surface area contributed by atoms with E-state index in [0.717, 1.165) is 34.3 Å². The number of phenolic OH excluding ortho intramolecular Hbond substituents is 1. The molecule has 1 atom stereocenters. The molecule has 1 aliphatic carbocycles. The van der Waals surface area contributed by atoms with Gasteiger partial charge in [0, 0.05) is 6.42 Å². The molecule has 0 bridgehead atoms. The lowest BCUT2D eigenvalue weighted by atomic mass is 9.71. The standard InChI is InChI=1S/C37H42O6/c1-7-8-9-10-25(2)11-18-32-27(4)36(41)33(24-37(32,5)6)43-35(40)20-19-34(39)42-31-16-14-28(15-17-31)12-13-29-21-26(3)22-30(38)23-29/h8-18,21-23,33,38H,7,19-20,24H2,1-6H3/b9-8+,13-12+,18-11+,25-10+. The molecule has 0 aliphatic heterocycles. The molecule has 6 heteroatoms. The van der Waals surface area contributed by atoms with Crippen molar-refractivity contribution in [3.05, 3.63) is 106 Å². The van der Waals surface area contributed by atoms with Crippen molar-refractivity contribution in [2.45, 2.75) is 73.3 Å². The zero-order valence-electron chi connectivity index (χ0n) is 26.0. The van der Waals surface area contributed by atoms with Crippen LogP contribution in [0, 0.1) is 12.3 Å². The SMILES string of the molecule is CC/C=C/C=C(C)/C=C/C1=C(C)C(=O)C(OC(=O)CCC(=O)Oc2ccc(/C=C/c3cc(C)cc(O)c3)cc2)CC1(C)C. The van der Waals surface area contributed by atoms with Crippen LogP contribution in [0.1, 0.15) is 77.0 Å². The Balaban J connectivity index is 1.52. The van der Waals surface area contributed by atoms with Gasteiger partial charge in [0.15, 0.2) is 11.9 Å². The van der Waals surface area contributed by atoms with Crippen LogP contribution in [0.2, 0.25) is 0 Å². The van der Waals surface area contributed by atoms with Gasteiger partial charge in [0.05, 0.1) is 12.8 Å². The van der Waals surface area contributed by atoms with E-state index in [0.29, 0.717) is 17.7 Å². The first-order valence-corrected chi connectivity index (χ1v) is 14.6. The summed E-state index contributed by atoms with van der Waals surface area (Å²) in [6, 6.07) is 12.3. The van der Waals surface area contributed by atoms with Crippen LogP contribution >= 0.6 is 0 Å². The van der Waals surface area contributed by atoms with Crippen molar-refractivity contribution < 1.29 is 29.0 Å². The van der Waals surface area contributed by atoms with E-state index in [2.05, 4.69) is 13.0 Å². The molecule has 2 aromatic rings. The summed E-state index contributed by atoms with van der Waals surface area (Å²) in [7, 11) is 0. The van der Waals surface area contributed by atoms with Crippen LogP contribution in [0.15, 0.2) is 89.6 Å². The van der Waals surface area contributed by atoms with Crippen LogP contribution in [0.4, 0.5) is 0 Å². The van der Waals surface area contributed by atoms with Crippen LogP contribution in [0.25, 0.3) is 12.2 Å². The lowest BCUT2D eigenvalue weighted by Crippen LogP contribution is -2.39. The van der Waals surface area contributed by atoms with Crippen molar-refractivity contribution in [3.8, 4) is 11.5 Å². The second kappa shape index (κ2) is 15.1. The summed E-state index contributed by atoms with van der Waals surface area (Å²) in [6.07, 6.45) is 14.0. The predicted octanol–water partition coefficient (Wildman–Crippen LogP) is 8.25. The van der Waals surface area contributed by atoms with Crippen LogP contribution in [-0.4, -0.2) is 28.9 Å². The van der Waals surface area contributed by atoms with Crippen LogP contribution < -0.4 is 4.74 Å². The molecule has 0 heterocycles. The van der Waals surface area contributed by atoms with E-state index in [9.17, 15) is 19.5 Å². The predicted molar refractivity (Wildman–Crippen MR) is 171 cm³/mol. The van der Waals surface area contributed by atoms with Crippen molar-refractivity contribution >= 4 is 29.9 Å². The monoisotopic (exact) mass is 582 g/mol. The number of allylic oxidation sites excluding steroid dienone is 7. The van der Waals surface area contributed by atoms with Gasteiger partial charge in [0.1, 0.15) is 11.5 Å². The highest BCUT2D eigenvalue weighted by Gasteiger charge is 2.39. The summed E-state index contributed by atoms with van der Waals surface area (Å²) in [5, 5.41) is 9.75. The quantitative estimate of drug-likeness (QED) is 0.124. The number of Topliss-reactive ketones (excluding diaryl/α,β-unsaturated/α-hetero) is 1. The smallest absolute Gasteiger partial charge is 0.311 e. The Morgan fingerprint density at radius 3 is 2.33 bits per heavy atom. The molecule has 1 N–H and O–H groups in total. The first kappa shape index (κ1) is 33.1. The van der Waals surface area contributed by atoms with Crippen LogP contribution in [0.5, 0.6) is 11.5 Å². The second-order valence-corrected chi connectivity index (χ2v) is 11.5. The second-order valence-electron chi connectivity index (χ2n) is 11.5. The van der Waals surface area contributed by atoms with Gasteiger partial charge >= 0.3 is 11.9 Å². The number of hydrogen-bond donors (Lipinski definition) is 1. The Kier molecular flexibility index (Phi) is 11.6. The maximum Gasteiger partial charge on any atom is 0.311 e. The summed E-state index contributed by atoms with van der Waals surface area (Å²) in [5.74, 6) is -0.812. The maximum atomic E-state index is 13.1. The van der Waals surface area contributed by atoms with Gasteiger partial charge in [-0.25, -0.2) is 0 Å². The number of hydrogen-bond acceptors (Lipinski definition) is 6. The largest absolute Gasteiger partial charge is 0.508 e. The third kappa shape index (κ3) is 10.1. The van der Waals surface area contributed by atoms with Gasteiger partial charge in [-0.1, -0.05) is 87.1 Å². The van der Waals surface area contributed by atoms with Gasteiger partial charge in [-0.15, -0.1) is 0 Å². The summed E-state index contributed by atoms with van der Waals surface area (Å²) < 4.78 is 10.9. The van der Waals surface area contributed by atoms with Crippen LogP contribution in [0.3, 0.4) is 0 Å². The maximum absolute atomic E-state index is 13.1. The third-order valence-corrected chi connectivity index (χ3v) is 7.21. The number of carbonyl (C=O) groups excluding carboxylic acids is 3. The average Bonchev–Trinajstić information content (AvgIpc) is 2.94. The molecule has 0 radical (unpaired) electrons. The van der Waals surface area contributed by atoms with E-state index in [4.69, 9.17) is 9.47 Å². The highest BCUT2D eigenvalue weighted by atomic mass is 16.5. The molecule has 0 aromatic heterocycles. The molecular weight excluding hydrogens is 540 g/mol. The lowest BCUT2D eigenvalue weighted by molar-refractivity contribution is -0.157. The summed E-state index contributed by atoms with van der Waals surface area (Å²) in [4.78, 5) is 38.0. The van der Waals surface area contributed by atoms with Crippen LogP contribution in [-0.2, 0) is 19.1 Å². The Labute approximate surface area is 255 Å². The molecule has 0 fully saturated rings. The number of carbonyl (C=O) groups is 3. The first-order chi connectivity index (χ1) is 20.4. The van der Waals surface area contributed by atoms with Gasteiger partial charge in [0.2, 0.25) is 0 Å². The van der Waals surface area contributed by atoms with E-state index in [-0.39, 0.29) is 29.8 Å². The molecular formula is C37H42O6. The van der Waals surface area contributed by atoms with E-state index in [1.165, 1.54) is 0 Å². The number of phenols is 1. The minimum Gasteiger partial charge on any atom is -0.508 e. The van der Waals surface area contributed by atoms with E-state index in [1.807, 2.05) is 70.2 Å². The highest BCUT2D eigenvalue weighted by Crippen LogP contribution is 2.41. The van der Waals surface area contributed by atoms with Crippen molar-refractivity contribution in [1.29, 1.82) is 0 Å². The number of benzene rings is 2. The summed E-state index contributed by atoms with van der Waals surface area (Å²) in [6.45, 7) is 11.8. The molecule has 6 nitrogen and oxygen atoms in total. The molecule has 0 spiro atoms. The zero-order valence-corrected chi connectivity index (χ0v) is 26.0. The molecule has 1 unspecified atom stereocenters. The topological polar surface area (TPSA) is 89.9 Å². The zero-order chi connectivity index (χ0) is 31.6. The van der Waals surface area contributed by atoms with E-state index in [1.54, 1.807) is 43.3 Å². The summed E-state index contributed by atoms with van der Waals surface area (Å²) >= 11 is 0. The fourth-order valence-electron chi connectivity index (χ4n) is 4.95. The lowest BCUT2D eigenvalue weighted by Gasteiger charge is -2.36. The molecule has 226 valence electrons. The number of esters is 2. The van der Waals surface area contributed by atoms with Gasteiger partial charge in [-0.3, -0.25) is 14.4 Å². The molecule has 1 aliphatic rings. The van der Waals surface area contributed by atoms with E-state index < -0.39 is 18.0 Å². The first-order valence-electron chi connectivity index (χ1n) is 14.6. The molecule has 3 rings (SSSR count). The number of aryl methyl sites for hydroxylation is 1. The van der Waals surface area contributed by atoms with Crippen molar-refractivity contribution in [2.24, 2.45) is 5.41 Å². The van der Waals surface area contributed by atoms with Crippen molar-refractivity contribution in [2.75, 3.05) is 0 Å². The Hall–Kier alpha value is -4.45. The van der Waals surface area contributed by atoms with Crippen molar-refractivity contribution in [1.82, 2.24) is 0 Å². The Bertz CT molecular complexity index is 1460. The average molecular weight is 583 g/mol. The van der Waals surface area contributed by atoms with E-state index >= 15 is 0 Å². The number of aromatic hydroxyl groups is 1. The molecule has 0 amide bonds. The fourth-order valence-corrected chi connectivity index (χ4v) is 4.95.